The van der Waals surface area contributed by atoms with Crippen LogP contribution in [0.1, 0.15) is 16.7 Å². The molecule has 0 amide bonds. The number of nitrogens with one attached hydrogen (secondary N) is 1. The molecule has 0 aliphatic heterocycles. The predicted molar refractivity (Wildman–Crippen MR) is 74.1 cm³/mol. The maximum Gasteiger partial charge on any atom is 0.127 e. The van der Waals surface area contributed by atoms with Crippen LogP contribution in [0.25, 0.3) is 11.1 Å². The lowest BCUT2D eigenvalue weighted by Crippen LogP contribution is -2.07. The molecular formula is C16H18FN. The second kappa shape index (κ2) is 5.32. The summed E-state index contributed by atoms with van der Waals surface area (Å²) in [5.74, 6) is -0.156. The molecule has 2 aromatic carbocycles. The van der Waals surface area contributed by atoms with Gasteiger partial charge in [-0.05, 0) is 55.3 Å². The van der Waals surface area contributed by atoms with Crippen LogP contribution in [0.3, 0.4) is 0 Å². The third-order valence-electron chi connectivity index (χ3n) is 3.25. The molecule has 0 saturated heterocycles. The van der Waals surface area contributed by atoms with E-state index in [-0.39, 0.29) is 5.82 Å². The number of hydrogen-bond donors (Lipinski definition) is 1. The fourth-order valence-electron chi connectivity index (χ4n) is 2.00. The molecule has 0 aromatic heterocycles. The lowest BCUT2D eigenvalue weighted by atomic mass is 9.99. The van der Waals surface area contributed by atoms with Crippen LogP contribution in [0.5, 0.6) is 0 Å². The van der Waals surface area contributed by atoms with Crippen LogP contribution in [-0.2, 0) is 6.54 Å². The van der Waals surface area contributed by atoms with Crippen LogP contribution in [0.4, 0.5) is 4.39 Å². The number of aryl methyl sites for hydroxylation is 2. The van der Waals surface area contributed by atoms with E-state index < -0.39 is 0 Å². The summed E-state index contributed by atoms with van der Waals surface area (Å²) in [6.07, 6.45) is 0. The molecule has 2 aromatic rings. The molecule has 0 spiro atoms. The molecule has 18 heavy (non-hydrogen) atoms. The van der Waals surface area contributed by atoms with E-state index in [1.165, 1.54) is 17.2 Å². The maximum absolute atomic E-state index is 13.6. The monoisotopic (exact) mass is 243 g/mol. The average Bonchev–Trinajstić information content (AvgIpc) is 2.36. The van der Waals surface area contributed by atoms with Gasteiger partial charge in [0.05, 0.1) is 0 Å². The van der Waals surface area contributed by atoms with Crippen LogP contribution in [0.15, 0.2) is 36.4 Å². The summed E-state index contributed by atoms with van der Waals surface area (Å²) in [5.41, 5.74) is 5.43. The van der Waals surface area contributed by atoms with Crippen molar-refractivity contribution in [2.45, 2.75) is 20.4 Å². The highest BCUT2D eigenvalue weighted by molar-refractivity contribution is 5.65. The SMILES string of the molecule is CNCc1cc(-c2ccc(C)c(C)c2)ccc1F. The minimum atomic E-state index is -0.156. The van der Waals surface area contributed by atoms with Crippen molar-refractivity contribution >= 4 is 0 Å². The summed E-state index contributed by atoms with van der Waals surface area (Å²) < 4.78 is 13.6. The molecule has 0 bridgehead atoms. The zero-order valence-corrected chi connectivity index (χ0v) is 11.0. The van der Waals surface area contributed by atoms with Crippen molar-refractivity contribution in [1.29, 1.82) is 0 Å². The molecule has 0 aliphatic carbocycles. The van der Waals surface area contributed by atoms with Gasteiger partial charge in [-0.2, -0.15) is 0 Å². The molecular weight excluding hydrogens is 225 g/mol. The molecule has 1 N–H and O–H groups in total. The number of rotatable bonds is 3. The Bertz CT molecular complexity index is 561. The third kappa shape index (κ3) is 2.59. The molecule has 2 rings (SSSR count). The summed E-state index contributed by atoms with van der Waals surface area (Å²) in [6, 6.07) is 11.6. The van der Waals surface area contributed by atoms with Crippen molar-refractivity contribution in [3.63, 3.8) is 0 Å². The van der Waals surface area contributed by atoms with Gasteiger partial charge in [-0.15, -0.1) is 0 Å². The first kappa shape index (κ1) is 12.8. The second-order valence-electron chi connectivity index (χ2n) is 4.64. The van der Waals surface area contributed by atoms with Gasteiger partial charge in [0.25, 0.3) is 0 Å². The van der Waals surface area contributed by atoms with Gasteiger partial charge in [0.1, 0.15) is 5.82 Å². The zero-order valence-electron chi connectivity index (χ0n) is 11.0. The summed E-state index contributed by atoms with van der Waals surface area (Å²) in [7, 11) is 1.82. The smallest absolute Gasteiger partial charge is 0.127 e. The first-order valence-electron chi connectivity index (χ1n) is 6.12. The minimum absolute atomic E-state index is 0.156. The minimum Gasteiger partial charge on any atom is -0.316 e. The lowest BCUT2D eigenvalue weighted by Gasteiger charge is -2.08. The van der Waals surface area contributed by atoms with Crippen LogP contribution in [0.2, 0.25) is 0 Å². The second-order valence-corrected chi connectivity index (χ2v) is 4.64. The molecule has 0 aliphatic rings. The molecule has 1 nitrogen and oxygen atoms in total. The summed E-state index contributed by atoms with van der Waals surface area (Å²) in [4.78, 5) is 0. The Morgan fingerprint density at radius 3 is 2.28 bits per heavy atom. The number of hydrogen-bond acceptors (Lipinski definition) is 1. The summed E-state index contributed by atoms with van der Waals surface area (Å²) >= 11 is 0. The Morgan fingerprint density at radius 1 is 0.944 bits per heavy atom. The Morgan fingerprint density at radius 2 is 1.61 bits per heavy atom. The molecule has 0 fully saturated rings. The zero-order chi connectivity index (χ0) is 13.1. The molecule has 0 atom stereocenters. The Balaban J connectivity index is 2.44. The fourth-order valence-corrected chi connectivity index (χ4v) is 2.00. The lowest BCUT2D eigenvalue weighted by molar-refractivity contribution is 0.601. The van der Waals surface area contributed by atoms with E-state index in [2.05, 4.69) is 37.4 Å². The third-order valence-corrected chi connectivity index (χ3v) is 3.25. The van der Waals surface area contributed by atoms with E-state index in [1.807, 2.05) is 19.2 Å². The van der Waals surface area contributed by atoms with Crippen molar-refractivity contribution in [3.8, 4) is 11.1 Å². The highest BCUT2D eigenvalue weighted by Gasteiger charge is 2.05. The molecule has 0 saturated carbocycles. The Labute approximate surface area is 108 Å². The highest BCUT2D eigenvalue weighted by Crippen LogP contribution is 2.24. The molecule has 0 heterocycles. The van der Waals surface area contributed by atoms with Crippen LogP contribution >= 0.6 is 0 Å². The van der Waals surface area contributed by atoms with Gasteiger partial charge in [-0.1, -0.05) is 24.3 Å². The topological polar surface area (TPSA) is 12.0 Å². The normalized spacial score (nSPS) is 10.7. The molecule has 0 radical (unpaired) electrons. The Kier molecular flexibility index (Phi) is 3.78. The first-order valence-corrected chi connectivity index (χ1v) is 6.12. The van der Waals surface area contributed by atoms with Crippen LogP contribution in [0, 0.1) is 19.7 Å². The summed E-state index contributed by atoms with van der Waals surface area (Å²) in [5, 5.41) is 2.98. The predicted octanol–water partition coefficient (Wildman–Crippen LogP) is 3.83. The maximum atomic E-state index is 13.6. The van der Waals surface area contributed by atoms with Gasteiger partial charge in [0, 0.05) is 12.1 Å². The molecule has 2 heteroatoms. The van der Waals surface area contributed by atoms with Gasteiger partial charge in [0.15, 0.2) is 0 Å². The Hall–Kier alpha value is -1.67. The van der Waals surface area contributed by atoms with Crippen LogP contribution in [-0.4, -0.2) is 7.05 Å². The standard InChI is InChI=1S/C16H18FN/c1-11-4-5-13(8-12(11)2)14-6-7-16(17)15(9-14)10-18-3/h4-9,18H,10H2,1-3H3. The van der Waals surface area contributed by atoms with E-state index in [4.69, 9.17) is 0 Å². The van der Waals surface area contributed by atoms with Gasteiger partial charge in [-0.3, -0.25) is 0 Å². The van der Waals surface area contributed by atoms with Gasteiger partial charge < -0.3 is 5.32 Å². The molecule has 94 valence electrons. The van der Waals surface area contributed by atoms with E-state index in [0.717, 1.165) is 11.1 Å². The number of halogens is 1. The first-order chi connectivity index (χ1) is 8.61. The van der Waals surface area contributed by atoms with Gasteiger partial charge in [-0.25, -0.2) is 4.39 Å². The van der Waals surface area contributed by atoms with Crippen molar-refractivity contribution < 1.29 is 4.39 Å². The fraction of sp³-hybridized carbons (Fsp3) is 0.250. The van der Waals surface area contributed by atoms with E-state index in [1.54, 1.807) is 0 Å². The van der Waals surface area contributed by atoms with Crippen molar-refractivity contribution in [2.24, 2.45) is 0 Å². The van der Waals surface area contributed by atoms with E-state index in [9.17, 15) is 4.39 Å². The highest BCUT2D eigenvalue weighted by atomic mass is 19.1. The van der Waals surface area contributed by atoms with E-state index in [0.29, 0.717) is 12.1 Å². The van der Waals surface area contributed by atoms with Crippen molar-refractivity contribution in [3.05, 3.63) is 58.9 Å². The van der Waals surface area contributed by atoms with Gasteiger partial charge >= 0.3 is 0 Å². The largest absolute Gasteiger partial charge is 0.316 e. The van der Waals surface area contributed by atoms with Crippen molar-refractivity contribution in [2.75, 3.05) is 7.05 Å². The van der Waals surface area contributed by atoms with E-state index >= 15 is 0 Å². The van der Waals surface area contributed by atoms with Gasteiger partial charge in [0.2, 0.25) is 0 Å². The van der Waals surface area contributed by atoms with Crippen molar-refractivity contribution in [1.82, 2.24) is 5.32 Å². The summed E-state index contributed by atoms with van der Waals surface area (Å²) in [6.45, 7) is 4.73. The average molecular weight is 243 g/mol. The van der Waals surface area contributed by atoms with Crippen LogP contribution < -0.4 is 5.32 Å². The quantitative estimate of drug-likeness (QED) is 0.864. The number of benzene rings is 2. The molecule has 0 unspecified atom stereocenters.